The number of benzene rings is 1. The molecular formula is C15H17NO5. The number of anilines is 1. The second kappa shape index (κ2) is 5.20. The Morgan fingerprint density at radius 1 is 1.19 bits per heavy atom. The summed E-state index contributed by atoms with van der Waals surface area (Å²) in [6.45, 7) is 3.48. The van der Waals surface area contributed by atoms with Gasteiger partial charge in [-0.2, -0.15) is 0 Å². The number of para-hydroxylation sites is 1. The Bertz CT molecular complexity index is 608. The van der Waals surface area contributed by atoms with Gasteiger partial charge in [0.25, 0.3) is 0 Å². The van der Waals surface area contributed by atoms with Crippen molar-refractivity contribution in [3.8, 4) is 0 Å². The van der Waals surface area contributed by atoms with Crippen LogP contribution in [0.4, 0.5) is 5.69 Å². The van der Waals surface area contributed by atoms with Crippen molar-refractivity contribution in [3.05, 3.63) is 29.8 Å². The fourth-order valence-electron chi connectivity index (χ4n) is 2.68. The number of hydrogen-bond acceptors (Lipinski definition) is 4. The second-order valence-electron chi connectivity index (χ2n) is 5.64. The highest BCUT2D eigenvalue weighted by Gasteiger charge is 2.65. The highest BCUT2D eigenvalue weighted by atomic mass is 16.5. The maximum Gasteiger partial charge on any atom is 0.339 e. The van der Waals surface area contributed by atoms with Crippen LogP contribution in [0.3, 0.4) is 0 Å². The molecule has 2 atom stereocenters. The van der Waals surface area contributed by atoms with E-state index >= 15 is 0 Å². The molecule has 0 aliphatic heterocycles. The first-order valence-electron chi connectivity index (χ1n) is 6.51. The molecule has 0 radical (unpaired) electrons. The molecule has 1 aromatic rings. The predicted octanol–water partition coefficient (Wildman–Crippen LogP) is 1.77. The molecule has 0 aromatic heterocycles. The van der Waals surface area contributed by atoms with Gasteiger partial charge >= 0.3 is 11.9 Å². The molecule has 2 rings (SSSR count). The summed E-state index contributed by atoms with van der Waals surface area (Å²) >= 11 is 0. The molecule has 1 aliphatic carbocycles. The number of carbonyl (C=O) groups excluding carboxylic acids is 2. The van der Waals surface area contributed by atoms with Gasteiger partial charge in [-0.1, -0.05) is 26.0 Å². The van der Waals surface area contributed by atoms with Crippen LogP contribution in [-0.4, -0.2) is 30.1 Å². The lowest BCUT2D eigenvalue weighted by molar-refractivity contribution is -0.140. The minimum absolute atomic E-state index is 0.235. The van der Waals surface area contributed by atoms with Gasteiger partial charge in [-0.3, -0.25) is 9.59 Å². The van der Waals surface area contributed by atoms with E-state index in [-0.39, 0.29) is 5.56 Å². The zero-order valence-electron chi connectivity index (χ0n) is 12.0. The Balaban J connectivity index is 2.19. The summed E-state index contributed by atoms with van der Waals surface area (Å²) in [7, 11) is 1.26. The lowest BCUT2D eigenvalue weighted by Crippen LogP contribution is -2.19. The van der Waals surface area contributed by atoms with Crippen molar-refractivity contribution in [1.29, 1.82) is 0 Å². The average molecular weight is 291 g/mol. The Kier molecular flexibility index (Phi) is 3.72. The van der Waals surface area contributed by atoms with Crippen LogP contribution in [0, 0.1) is 17.3 Å². The van der Waals surface area contributed by atoms with Crippen LogP contribution in [-0.2, 0) is 14.3 Å². The molecule has 1 fully saturated rings. The van der Waals surface area contributed by atoms with Gasteiger partial charge in [0.1, 0.15) is 0 Å². The number of ether oxygens (including phenoxy) is 1. The van der Waals surface area contributed by atoms with E-state index in [1.54, 1.807) is 32.0 Å². The maximum absolute atomic E-state index is 12.2. The quantitative estimate of drug-likeness (QED) is 0.825. The third-order valence-electron chi connectivity index (χ3n) is 3.97. The van der Waals surface area contributed by atoms with Gasteiger partial charge < -0.3 is 15.2 Å². The summed E-state index contributed by atoms with van der Waals surface area (Å²) in [5.74, 6) is -3.26. The van der Waals surface area contributed by atoms with E-state index in [1.165, 1.54) is 13.2 Å². The summed E-state index contributed by atoms with van der Waals surface area (Å²) in [5.41, 5.74) is -0.0317. The lowest BCUT2D eigenvalue weighted by Gasteiger charge is -2.10. The smallest absolute Gasteiger partial charge is 0.339 e. The molecule has 1 aromatic carbocycles. The van der Waals surface area contributed by atoms with Gasteiger partial charge in [-0.25, -0.2) is 4.79 Å². The first kappa shape index (κ1) is 15.0. The first-order valence-corrected chi connectivity index (χ1v) is 6.51. The Hall–Kier alpha value is -2.37. The lowest BCUT2D eigenvalue weighted by atomic mass is 10.1. The van der Waals surface area contributed by atoms with Crippen LogP contribution in [0.15, 0.2) is 24.3 Å². The number of esters is 1. The molecule has 2 unspecified atom stereocenters. The minimum atomic E-state index is -0.985. The van der Waals surface area contributed by atoms with Crippen molar-refractivity contribution in [2.75, 3.05) is 12.4 Å². The second-order valence-corrected chi connectivity index (χ2v) is 5.64. The van der Waals surface area contributed by atoms with E-state index in [1.807, 2.05) is 0 Å². The normalized spacial score (nSPS) is 22.2. The van der Waals surface area contributed by atoms with E-state index in [2.05, 4.69) is 10.1 Å². The Morgan fingerprint density at radius 2 is 1.81 bits per heavy atom. The van der Waals surface area contributed by atoms with Crippen LogP contribution in [0.5, 0.6) is 0 Å². The van der Waals surface area contributed by atoms with Gasteiger partial charge in [-0.05, 0) is 17.5 Å². The van der Waals surface area contributed by atoms with Crippen molar-refractivity contribution in [2.24, 2.45) is 17.3 Å². The molecule has 0 spiro atoms. The Morgan fingerprint density at radius 3 is 2.33 bits per heavy atom. The predicted molar refractivity (Wildman–Crippen MR) is 74.8 cm³/mol. The molecule has 112 valence electrons. The minimum Gasteiger partial charge on any atom is -0.481 e. The summed E-state index contributed by atoms with van der Waals surface area (Å²) in [4.78, 5) is 35.0. The van der Waals surface area contributed by atoms with Crippen LogP contribution >= 0.6 is 0 Å². The van der Waals surface area contributed by atoms with Gasteiger partial charge in [0.15, 0.2) is 0 Å². The molecule has 1 aliphatic rings. The van der Waals surface area contributed by atoms with E-state index in [0.29, 0.717) is 5.69 Å². The molecule has 0 saturated heterocycles. The van der Waals surface area contributed by atoms with Crippen LogP contribution < -0.4 is 5.32 Å². The highest BCUT2D eigenvalue weighted by molar-refractivity contribution is 6.04. The first-order chi connectivity index (χ1) is 9.80. The number of nitrogens with one attached hydrogen (secondary N) is 1. The standard InChI is InChI=1S/C15H17NO5/c1-15(2)10(11(15)13(18)19)12(17)16-9-7-5-4-6-8(9)14(20)21-3/h4-7,10-11H,1-3H3,(H,16,17)(H,18,19). The molecule has 1 saturated carbocycles. The van der Waals surface area contributed by atoms with Crippen LogP contribution in [0.1, 0.15) is 24.2 Å². The van der Waals surface area contributed by atoms with Crippen molar-refractivity contribution >= 4 is 23.5 Å². The van der Waals surface area contributed by atoms with E-state index in [0.717, 1.165) is 0 Å². The van der Waals surface area contributed by atoms with E-state index < -0.39 is 35.1 Å². The molecular weight excluding hydrogens is 274 g/mol. The monoisotopic (exact) mass is 291 g/mol. The topological polar surface area (TPSA) is 92.7 Å². The maximum atomic E-state index is 12.2. The molecule has 6 nitrogen and oxygen atoms in total. The van der Waals surface area contributed by atoms with Crippen molar-refractivity contribution in [3.63, 3.8) is 0 Å². The van der Waals surface area contributed by atoms with Crippen LogP contribution in [0.2, 0.25) is 0 Å². The SMILES string of the molecule is COC(=O)c1ccccc1NC(=O)C1C(C(=O)O)C1(C)C. The third kappa shape index (κ3) is 2.61. The largest absolute Gasteiger partial charge is 0.481 e. The highest BCUT2D eigenvalue weighted by Crippen LogP contribution is 2.58. The van der Waals surface area contributed by atoms with Gasteiger partial charge in [0.05, 0.1) is 30.2 Å². The number of rotatable bonds is 4. The van der Waals surface area contributed by atoms with Crippen molar-refractivity contribution < 1.29 is 24.2 Å². The number of carboxylic acid groups (broad SMARTS) is 1. The van der Waals surface area contributed by atoms with E-state index in [4.69, 9.17) is 5.11 Å². The average Bonchev–Trinajstić information content (AvgIpc) is 3.02. The summed E-state index contributed by atoms with van der Waals surface area (Å²) in [6.07, 6.45) is 0. The van der Waals surface area contributed by atoms with Gasteiger partial charge in [0.2, 0.25) is 5.91 Å². The number of amides is 1. The van der Waals surface area contributed by atoms with E-state index in [9.17, 15) is 14.4 Å². The molecule has 0 heterocycles. The number of carbonyl (C=O) groups is 3. The summed E-state index contributed by atoms with van der Waals surface area (Å²) < 4.78 is 4.65. The van der Waals surface area contributed by atoms with Gasteiger partial charge in [-0.15, -0.1) is 0 Å². The molecule has 1 amide bonds. The molecule has 2 N–H and O–H groups in total. The molecule has 6 heteroatoms. The number of aliphatic carboxylic acids is 1. The fourth-order valence-corrected chi connectivity index (χ4v) is 2.68. The van der Waals surface area contributed by atoms with Crippen molar-refractivity contribution in [2.45, 2.75) is 13.8 Å². The molecule has 21 heavy (non-hydrogen) atoms. The number of carboxylic acids is 1. The number of hydrogen-bond donors (Lipinski definition) is 2. The van der Waals surface area contributed by atoms with Gasteiger partial charge in [0, 0.05) is 0 Å². The molecule has 0 bridgehead atoms. The number of methoxy groups -OCH3 is 1. The van der Waals surface area contributed by atoms with Crippen LogP contribution in [0.25, 0.3) is 0 Å². The summed E-state index contributed by atoms with van der Waals surface area (Å²) in [5, 5.41) is 11.7. The summed E-state index contributed by atoms with van der Waals surface area (Å²) in [6, 6.07) is 6.45. The van der Waals surface area contributed by atoms with Crippen molar-refractivity contribution in [1.82, 2.24) is 0 Å². The Labute approximate surface area is 122 Å². The third-order valence-corrected chi connectivity index (χ3v) is 3.97. The fraction of sp³-hybridized carbons (Fsp3) is 0.400. The zero-order chi connectivity index (χ0) is 15.8. The zero-order valence-corrected chi connectivity index (χ0v) is 12.0.